The lowest BCUT2D eigenvalue weighted by Crippen LogP contribution is -2.35. The van der Waals surface area contributed by atoms with Gasteiger partial charge in [0.2, 0.25) is 0 Å². The lowest BCUT2D eigenvalue weighted by Gasteiger charge is -2.24. The van der Waals surface area contributed by atoms with Crippen LogP contribution in [0.25, 0.3) is 0 Å². The highest BCUT2D eigenvalue weighted by molar-refractivity contribution is 9.10. The highest BCUT2D eigenvalue weighted by Gasteiger charge is 2.30. The van der Waals surface area contributed by atoms with Crippen LogP contribution in [0.4, 0.5) is 4.79 Å². The molecule has 1 aliphatic heterocycles. The second-order valence-electron chi connectivity index (χ2n) is 5.96. The molecule has 3 nitrogen and oxygen atoms in total. The predicted octanol–water partition coefficient (Wildman–Crippen LogP) is 4.17. The van der Waals surface area contributed by atoms with Crippen LogP contribution in [-0.2, 0) is 4.74 Å². The highest BCUT2D eigenvalue weighted by Crippen LogP contribution is 2.29. The van der Waals surface area contributed by atoms with Crippen LogP contribution in [0.2, 0.25) is 0 Å². The first-order valence-corrected chi connectivity index (χ1v) is 7.38. The molecular formula is C15H20BrNO2. The van der Waals surface area contributed by atoms with Crippen molar-refractivity contribution in [2.45, 2.75) is 38.7 Å². The Morgan fingerprint density at radius 2 is 1.95 bits per heavy atom. The summed E-state index contributed by atoms with van der Waals surface area (Å²) in [6, 6.07) is 8.33. The molecular weight excluding hydrogens is 306 g/mol. The van der Waals surface area contributed by atoms with Crippen molar-refractivity contribution in [1.29, 1.82) is 0 Å². The third-order valence-electron chi connectivity index (χ3n) is 3.18. The van der Waals surface area contributed by atoms with Gasteiger partial charge in [-0.3, -0.25) is 0 Å². The van der Waals surface area contributed by atoms with E-state index in [1.165, 1.54) is 5.56 Å². The van der Waals surface area contributed by atoms with Crippen LogP contribution in [0.5, 0.6) is 0 Å². The number of amides is 1. The number of likely N-dealkylation sites (tertiary alicyclic amines) is 1. The van der Waals surface area contributed by atoms with E-state index in [9.17, 15) is 4.79 Å². The number of rotatable bonds is 1. The molecule has 1 saturated heterocycles. The lowest BCUT2D eigenvalue weighted by molar-refractivity contribution is 0.0292. The van der Waals surface area contributed by atoms with E-state index in [2.05, 4.69) is 28.1 Å². The van der Waals surface area contributed by atoms with Crippen molar-refractivity contribution >= 4 is 22.0 Å². The minimum Gasteiger partial charge on any atom is -0.444 e. The van der Waals surface area contributed by atoms with Gasteiger partial charge in [-0.2, -0.15) is 0 Å². The van der Waals surface area contributed by atoms with Gasteiger partial charge < -0.3 is 9.64 Å². The topological polar surface area (TPSA) is 29.5 Å². The van der Waals surface area contributed by atoms with Crippen LogP contribution in [0.3, 0.4) is 0 Å². The van der Waals surface area contributed by atoms with E-state index in [-0.39, 0.29) is 6.09 Å². The first kappa shape index (κ1) is 14.4. The van der Waals surface area contributed by atoms with Crippen LogP contribution in [-0.4, -0.2) is 29.7 Å². The summed E-state index contributed by atoms with van der Waals surface area (Å²) in [4.78, 5) is 13.8. The first-order valence-electron chi connectivity index (χ1n) is 6.58. The molecule has 0 aliphatic carbocycles. The number of nitrogens with zero attached hydrogens (tertiary/aromatic N) is 1. The fourth-order valence-corrected chi connectivity index (χ4v) is 2.52. The molecule has 0 bridgehead atoms. The van der Waals surface area contributed by atoms with E-state index < -0.39 is 5.60 Å². The number of benzene rings is 1. The number of ether oxygens (including phenoxy) is 1. The van der Waals surface area contributed by atoms with E-state index in [1.807, 2.05) is 32.9 Å². The number of hydrogen-bond donors (Lipinski definition) is 0. The molecule has 1 aromatic rings. The van der Waals surface area contributed by atoms with Gasteiger partial charge in [0.25, 0.3) is 0 Å². The molecule has 0 unspecified atom stereocenters. The summed E-state index contributed by atoms with van der Waals surface area (Å²) in [6.07, 6.45) is 0.799. The van der Waals surface area contributed by atoms with E-state index >= 15 is 0 Å². The Hall–Kier alpha value is -1.03. The van der Waals surface area contributed by atoms with Crippen molar-refractivity contribution in [3.8, 4) is 0 Å². The van der Waals surface area contributed by atoms with Crippen LogP contribution >= 0.6 is 15.9 Å². The van der Waals surface area contributed by atoms with Crippen LogP contribution in [0.15, 0.2) is 28.7 Å². The molecule has 1 fully saturated rings. The fourth-order valence-electron chi connectivity index (χ4n) is 2.26. The van der Waals surface area contributed by atoms with Crippen molar-refractivity contribution in [2.75, 3.05) is 13.1 Å². The van der Waals surface area contributed by atoms with Gasteiger partial charge in [0.15, 0.2) is 0 Å². The minimum absolute atomic E-state index is 0.202. The first-order chi connectivity index (χ1) is 8.85. The average Bonchev–Trinajstić information content (AvgIpc) is 2.77. The minimum atomic E-state index is -0.424. The summed E-state index contributed by atoms with van der Waals surface area (Å²) in [5, 5.41) is 0. The molecule has 1 atom stereocenters. The molecule has 0 saturated carbocycles. The zero-order chi connectivity index (χ0) is 14.0. The highest BCUT2D eigenvalue weighted by atomic mass is 79.9. The van der Waals surface area contributed by atoms with E-state index in [4.69, 9.17) is 4.74 Å². The number of hydrogen-bond acceptors (Lipinski definition) is 2. The lowest BCUT2D eigenvalue weighted by atomic mass is 9.99. The SMILES string of the molecule is CC(C)(C)OC(=O)N1CC[C@@H](c2ccc(Br)cc2)C1. The Morgan fingerprint density at radius 3 is 2.53 bits per heavy atom. The van der Waals surface area contributed by atoms with Crippen molar-refractivity contribution in [2.24, 2.45) is 0 Å². The number of carbonyl (C=O) groups excluding carboxylic acids is 1. The Kier molecular flexibility index (Phi) is 4.19. The molecule has 1 heterocycles. The third-order valence-corrected chi connectivity index (χ3v) is 3.71. The molecule has 4 heteroatoms. The molecule has 1 amide bonds. The predicted molar refractivity (Wildman–Crippen MR) is 79.3 cm³/mol. The Morgan fingerprint density at radius 1 is 1.32 bits per heavy atom. The second kappa shape index (κ2) is 5.53. The molecule has 0 aromatic heterocycles. The zero-order valence-electron chi connectivity index (χ0n) is 11.6. The van der Waals surface area contributed by atoms with Gasteiger partial charge in [0.1, 0.15) is 5.60 Å². The Balaban J connectivity index is 1.96. The number of carbonyl (C=O) groups is 1. The van der Waals surface area contributed by atoms with Gasteiger partial charge in [0, 0.05) is 23.5 Å². The quantitative estimate of drug-likeness (QED) is 0.775. The molecule has 1 aromatic carbocycles. The van der Waals surface area contributed by atoms with E-state index in [0.717, 1.165) is 24.0 Å². The van der Waals surface area contributed by atoms with E-state index in [1.54, 1.807) is 4.90 Å². The summed E-state index contributed by atoms with van der Waals surface area (Å²) >= 11 is 3.44. The zero-order valence-corrected chi connectivity index (χ0v) is 13.2. The van der Waals surface area contributed by atoms with E-state index in [0.29, 0.717) is 5.92 Å². The van der Waals surface area contributed by atoms with Gasteiger partial charge >= 0.3 is 6.09 Å². The van der Waals surface area contributed by atoms with Crippen LogP contribution in [0.1, 0.15) is 38.7 Å². The number of halogens is 1. The summed E-state index contributed by atoms with van der Waals surface area (Å²) in [6.45, 7) is 7.21. The third kappa shape index (κ3) is 3.96. The van der Waals surface area contributed by atoms with Gasteiger partial charge in [-0.15, -0.1) is 0 Å². The molecule has 104 valence electrons. The van der Waals surface area contributed by atoms with Crippen LogP contribution in [0, 0.1) is 0 Å². The molecule has 1 aliphatic rings. The summed E-state index contributed by atoms with van der Waals surface area (Å²) < 4.78 is 6.49. The van der Waals surface area contributed by atoms with Gasteiger partial charge in [-0.25, -0.2) is 4.79 Å². The van der Waals surface area contributed by atoms with Crippen molar-refractivity contribution in [3.05, 3.63) is 34.3 Å². The smallest absolute Gasteiger partial charge is 0.410 e. The normalized spacial score (nSPS) is 19.6. The summed E-state index contributed by atoms with van der Waals surface area (Å²) in [5.74, 6) is 0.417. The molecule has 19 heavy (non-hydrogen) atoms. The van der Waals surface area contributed by atoms with Gasteiger partial charge in [0.05, 0.1) is 0 Å². The average molecular weight is 326 g/mol. The van der Waals surface area contributed by atoms with Crippen molar-refractivity contribution < 1.29 is 9.53 Å². The van der Waals surface area contributed by atoms with Crippen molar-refractivity contribution in [1.82, 2.24) is 4.90 Å². The summed E-state index contributed by atoms with van der Waals surface area (Å²) in [7, 11) is 0. The van der Waals surface area contributed by atoms with Gasteiger partial charge in [-0.1, -0.05) is 28.1 Å². The molecule has 0 N–H and O–H groups in total. The molecule has 0 radical (unpaired) electrons. The standard InChI is InChI=1S/C15H20BrNO2/c1-15(2,3)19-14(18)17-9-8-12(10-17)11-4-6-13(16)7-5-11/h4-7,12H,8-10H2,1-3H3/t12-/m1/s1. The maximum atomic E-state index is 12.0. The van der Waals surface area contributed by atoms with Crippen LogP contribution < -0.4 is 0 Å². The second-order valence-corrected chi connectivity index (χ2v) is 6.88. The Labute approximate surface area is 123 Å². The molecule has 2 rings (SSSR count). The monoisotopic (exact) mass is 325 g/mol. The fraction of sp³-hybridized carbons (Fsp3) is 0.533. The maximum absolute atomic E-state index is 12.0. The van der Waals surface area contributed by atoms with Crippen molar-refractivity contribution in [3.63, 3.8) is 0 Å². The Bertz CT molecular complexity index is 450. The summed E-state index contributed by atoms with van der Waals surface area (Å²) in [5.41, 5.74) is 0.863. The maximum Gasteiger partial charge on any atom is 0.410 e. The molecule has 0 spiro atoms. The van der Waals surface area contributed by atoms with Gasteiger partial charge in [-0.05, 0) is 44.9 Å². The largest absolute Gasteiger partial charge is 0.444 e.